The van der Waals surface area contributed by atoms with Gasteiger partial charge < -0.3 is 19.8 Å². The van der Waals surface area contributed by atoms with E-state index in [0.29, 0.717) is 13.1 Å². The van der Waals surface area contributed by atoms with Gasteiger partial charge in [-0.2, -0.15) is 0 Å². The van der Waals surface area contributed by atoms with Crippen molar-refractivity contribution in [3.05, 3.63) is 36.8 Å². The highest BCUT2D eigenvalue weighted by Crippen LogP contribution is 2.14. The van der Waals surface area contributed by atoms with E-state index in [4.69, 9.17) is 9.15 Å². The molecule has 6 nitrogen and oxygen atoms in total. The summed E-state index contributed by atoms with van der Waals surface area (Å²) in [5.74, 6) is -0.193. The summed E-state index contributed by atoms with van der Waals surface area (Å²) in [4.78, 5) is 22.3. The standard InChI is InChI=1S/C13H18N2O4/c1-3-5-19-13(17)15-8-12(7-14-10(2)16)11-4-6-18-9-11/h3-4,6,9,12H,1,5,7-8H2,2H3,(H,14,16)(H,15,17). The summed E-state index contributed by atoms with van der Waals surface area (Å²) in [7, 11) is 0. The normalized spacial score (nSPS) is 11.4. The fourth-order valence-corrected chi connectivity index (χ4v) is 1.47. The van der Waals surface area contributed by atoms with E-state index in [1.165, 1.54) is 13.0 Å². The van der Waals surface area contributed by atoms with Crippen molar-refractivity contribution >= 4 is 12.0 Å². The third-order valence-electron chi connectivity index (χ3n) is 2.44. The zero-order valence-corrected chi connectivity index (χ0v) is 10.8. The predicted octanol–water partition coefficient (Wildman–Crippen LogP) is 1.41. The molecule has 0 aliphatic rings. The lowest BCUT2D eigenvalue weighted by molar-refractivity contribution is -0.119. The molecule has 1 atom stereocenters. The van der Waals surface area contributed by atoms with Gasteiger partial charge in [0.15, 0.2) is 0 Å². The monoisotopic (exact) mass is 266 g/mol. The molecule has 0 aromatic carbocycles. The van der Waals surface area contributed by atoms with Gasteiger partial charge in [-0.3, -0.25) is 4.79 Å². The summed E-state index contributed by atoms with van der Waals surface area (Å²) in [6, 6.07) is 1.79. The lowest BCUT2D eigenvalue weighted by Crippen LogP contribution is -2.34. The van der Waals surface area contributed by atoms with Crippen molar-refractivity contribution in [1.82, 2.24) is 10.6 Å². The molecule has 1 unspecified atom stereocenters. The van der Waals surface area contributed by atoms with Crippen LogP contribution in [0.3, 0.4) is 0 Å². The SMILES string of the molecule is C=CCOC(=O)NCC(CNC(C)=O)c1ccoc1. The molecular formula is C13H18N2O4. The van der Waals surface area contributed by atoms with Crippen molar-refractivity contribution < 1.29 is 18.7 Å². The van der Waals surface area contributed by atoms with Crippen LogP contribution in [0.1, 0.15) is 18.4 Å². The first-order valence-corrected chi connectivity index (χ1v) is 5.91. The molecule has 1 aromatic heterocycles. The number of rotatable bonds is 7. The van der Waals surface area contributed by atoms with Gasteiger partial charge in [-0.05, 0) is 11.6 Å². The van der Waals surface area contributed by atoms with Crippen LogP contribution >= 0.6 is 0 Å². The Morgan fingerprint density at radius 2 is 2.21 bits per heavy atom. The fourth-order valence-electron chi connectivity index (χ4n) is 1.47. The fraction of sp³-hybridized carbons (Fsp3) is 0.385. The van der Waals surface area contributed by atoms with Gasteiger partial charge in [0.1, 0.15) is 6.61 Å². The molecule has 0 spiro atoms. The Kier molecular flexibility index (Phi) is 6.21. The molecule has 0 radical (unpaired) electrons. The van der Waals surface area contributed by atoms with Gasteiger partial charge >= 0.3 is 6.09 Å². The lowest BCUT2D eigenvalue weighted by Gasteiger charge is -2.16. The van der Waals surface area contributed by atoms with E-state index in [2.05, 4.69) is 17.2 Å². The van der Waals surface area contributed by atoms with Crippen molar-refractivity contribution in [2.24, 2.45) is 0 Å². The van der Waals surface area contributed by atoms with Crippen LogP contribution in [0, 0.1) is 0 Å². The Bertz CT molecular complexity index is 414. The first-order chi connectivity index (χ1) is 9.13. The van der Waals surface area contributed by atoms with E-state index in [1.807, 2.05) is 0 Å². The second-order valence-corrected chi connectivity index (χ2v) is 3.96. The van der Waals surface area contributed by atoms with Crippen molar-refractivity contribution in [3.63, 3.8) is 0 Å². The van der Waals surface area contributed by atoms with E-state index in [0.717, 1.165) is 5.56 Å². The van der Waals surface area contributed by atoms with Gasteiger partial charge in [-0.15, -0.1) is 0 Å². The Labute approximate surface area is 111 Å². The molecule has 0 bridgehead atoms. The van der Waals surface area contributed by atoms with Crippen LogP contribution in [0.2, 0.25) is 0 Å². The molecule has 1 heterocycles. The number of carbonyl (C=O) groups excluding carboxylic acids is 2. The van der Waals surface area contributed by atoms with Crippen LogP contribution in [0.5, 0.6) is 0 Å². The Morgan fingerprint density at radius 1 is 1.47 bits per heavy atom. The number of hydrogen-bond acceptors (Lipinski definition) is 4. The Morgan fingerprint density at radius 3 is 2.79 bits per heavy atom. The highest BCUT2D eigenvalue weighted by molar-refractivity contribution is 5.72. The average Bonchev–Trinajstić information content (AvgIpc) is 2.89. The maximum absolute atomic E-state index is 11.3. The smallest absolute Gasteiger partial charge is 0.407 e. The third kappa shape index (κ3) is 5.76. The van der Waals surface area contributed by atoms with Crippen LogP contribution in [-0.4, -0.2) is 31.7 Å². The summed E-state index contributed by atoms with van der Waals surface area (Å²) in [6.07, 6.45) is 4.11. The molecule has 2 N–H and O–H groups in total. The van der Waals surface area contributed by atoms with Crippen molar-refractivity contribution in [2.75, 3.05) is 19.7 Å². The third-order valence-corrected chi connectivity index (χ3v) is 2.44. The zero-order valence-electron chi connectivity index (χ0n) is 10.8. The number of nitrogens with one attached hydrogen (secondary N) is 2. The molecule has 104 valence electrons. The van der Waals surface area contributed by atoms with Gasteiger partial charge in [0, 0.05) is 25.9 Å². The van der Waals surface area contributed by atoms with Gasteiger partial charge in [0.05, 0.1) is 12.5 Å². The number of hydrogen-bond donors (Lipinski definition) is 2. The maximum Gasteiger partial charge on any atom is 0.407 e. The summed E-state index contributed by atoms with van der Waals surface area (Å²) >= 11 is 0. The minimum absolute atomic E-state index is 0.0704. The van der Waals surface area contributed by atoms with Crippen molar-refractivity contribution in [2.45, 2.75) is 12.8 Å². The number of furan rings is 1. The molecular weight excluding hydrogens is 248 g/mol. The van der Waals surface area contributed by atoms with E-state index in [9.17, 15) is 9.59 Å². The van der Waals surface area contributed by atoms with Gasteiger partial charge in [-0.25, -0.2) is 4.79 Å². The maximum atomic E-state index is 11.3. The van der Waals surface area contributed by atoms with Gasteiger partial charge in [0.25, 0.3) is 0 Å². The minimum atomic E-state index is -0.517. The molecule has 6 heteroatoms. The summed E-state index contributed by atoms with van der Waals surface area (Å²) in [5, 5.41) is 5.34. The van der Waals surface area contributed by atoms with Gasteiger partial charge in [0.2, 0.25) is 5.91 Å². The molecule has 0 fully saturated rings. The molecule has 0 saturated carbocycles. The summed E-state index contributed by atoms with van der Waals surface area (Å²) < 4.78 is 9.81. The topological polar surface area (TPSA) is 80.6 Å². The van der Waals surface area contributed by atoms with Gasteiger partial charge in [-0.1, -0.05) is 12.7 Å². The van der Waals surface area contributed by atoms with Crippen LogP contribution in [0.15, 0.2) is 35.7 Å². The first kappa shape index (κ1) is 14.8. The van der Waals surface area contributed by atoms with Crippen LogP contribution in [0.25, 0.3) is 0 Å². The zero-order chi connectivity index (χ0) is 14.1. The highest BCUT2D eigenvalue weighted by atomic mass is 16.5. The van der Waals surface area contributed by atoms with E-state index < -0.39 is 6.09 Å². The van der Waals surface area contributed by atoms with Crippen molar-refractivity contribution in [3.8, 4) is 0 Å². The summed E-state index contributed by atoms with van der Waals surface area (Å²) in [5.41, 5.74) is 0.901. The largest absolute Gasteiger partial charge is 0.472 e. The van der Waals surface area contributed by atoms with Crippen molar-refractivity contribution in [1.29, 1.82) is 0 Å². The second-order valence-electron chi connectivity index (χ2n) is 3.96. The molecule has 19 heavy (non-hydrogen) atoms. The molecule has 0 saturated heterocycles. The summed E-state index contributed by atoms with van der Waals surface area (Å²) in [6.45, 7) is 5.81. The molecule has 1 rings (SSSR count). The molecule has 0 aliphatic heterocycles. The second kappa shape index (κ2) is 7.97. The average molecular weight is 266 g/mol. The quantitative estimate of drug-likeness (QED) is 0.731. The van der Waals surface area contributed by atoms with E-state index in [-0.39, 0.29) is 18.4 Å². The molecule has 1 aromatic rings. The number of carbonyl (C=O) groups is 2. The number of ether oxygens (including phenoxy) is 1. The first-order valence-electron chi connectivity index (χ1n) is 5.91. The van der Waals surface area contributed by atoms with Crippen LogP contribution in [0.4, 0.5) is 4.79 Å². The van der Waals surface area contributed by atoms with Crippen LogP contribution in [-0.2, 0) is 9.53 Å². The Hall–Kier alpha value is -2.24. The van der Waals surface area contributed by atoms with Crippen LogP contribution < -0.4 is 10.6 Å². The molecule has 0 aliphatic carbocycles. The lowest BCUT2D eigenvalue weighted by atomic mass is 10.0. The predicted molar refractivity (Wildman–Crippen MR) is 69.7 cm³/mol. The highest BCUT2D eigenvalue weighted by Gasteiger charge is 2.15. The van der Waals surface area contributed by atoms with E-state index >= 15 is 0 Å². The minimum Gasteiger partial charge on any atom is -0.472 e. The number of alkyl carbamates (subject to hydrolysis) is 1. The molecule has 2 amide bonds. The Balaban J connectivity index is 2.47. The number of amides is 2. The van der Waals surface area contributed by atoms with E-state index in [1.54, 1.807) is 18.6 Å².